The molecule has 0 atom stereocenters. The molecule has 0 saturated carbocycles. The zero-order valence-corrected chi connectivity index (χ0v) is 24.5. The number of rotatable bonds is 10. The minimum Gasteiger partial charge on any atom is -0.496 e. The van der Waals surface area contributed by atoms with Crippen molar-refractivity contribution in [2.75, 3.05) is 32.3 Å². The first-order valence-electron chi connectivity index (χ1n) is 11.6. The van der Waals surface area contributed by atoms with Crippen LogP contribution in [0.3, 0.4) is 0 Å². The Morgan fingerprint density at radius 3 is 2.16 bits per heavy atom. The summed E-state index contributed by atoms with van der Waals surface area (Å²) in [5.74, 6) is 1.65. The molecule has 0 aliphatic carbocycles. The van der Waals surface area contributed by atoms with Gasteiger partial charge >= 0.3 is 5.97 Å². The lowest BCUT2D eigenvalue weighted by atomic mass is 10.0. The Labute approximate surface area is 233 Å². The van der Waals surface area contributed by atoms with Crippen molar-refractivity contribution in [2.45, 2.75) is 26.7 Å². The van der Waals surface area contributed by atoms with Gasteiger partial charge in [0.2, 0.25) is 0 Å². The molecule has 0 unspecified atom stereocenters. The normalized spacial score (nSPS) is 10.7. The first-order valence-corrected chi connectivity index (χ1v) is 13.2. The number of hydrogen-bond donors (Lipinski definition) is 0. The molecule has 0 aliphatic heterocycles. The van der Waals surface area contributed by atoms with Gasteiger partial charge in [-0.25, -0.2) is 0 Å². The second-order valence-corrected chi connectivity index (χ2v) is 10.0. The first-order chi connectivity index (χ1) is 17.7. The van der Waals surface area contributed by atoms with E-state index < -0.39 is 11.9 Å². The van der Waals surface area contributed by atoms with Gasteiger partial charge in [0.05, 0.1) is 35.3 Å². The van der Waals surface area contributed by atoms with Gasteiger partial charge in [0.15, 0.2) is 5.75 Å². The van der Waals surface area contributed by atoms with E-state index in [9.17, 15) is 9.59 Å². The predicted octanol–water partition coefficient (Wildman–Crippen LogP) is 7.35. The molecule has 37 heavy (non-hydrogen) atoms. The highest BCUT2D eigenvalue weighted by molar-refractivity contribution is 9.11. The molecule has 3 aromatic rings. The lowest BCUT2D eigenvalue weighted by Crippen LogP contribution is -2.37. The summed E-state index contributed by atoms with van der Waals surface area (Å²) < 4.78 is 23.3. The van der Waals surface area contributed by atoms with Crippen LogP contribution in [0.5, 0.6) is 23.0 Å². The van der Waals surface area contributed by atoms with Gasteiger partial charge in [-0.15, -0.1) is 0 Å². The third-order valence-electron chi connectivity index (χ3n) is 5.51. The van der Waals surface area contributed by atoms with E-state index in [2.05, 4.69) is 45.7 Å². The topological polar surface area (TPSA) is 74.3 Å². The molecule has 0 bridgehead atoms. The van der Waals surface area contributed by atoms with Crippen molar-refractivity contribution >= 4 is 49.4 Å². The van der Waals surface area contributed by atoms with Crippen molar-refractivity contribution in [3.8, 4) is 23.0 Å². The highest BCUT2D eigenvalue weighted by Crippen LogP contribution is 2.42. The number of carbonyl (C=O) groups is 2. The molecule has 0 heterocycles. The van der Waals surface area contributed by atoms with Crippen molar-refractivity contribution in [1.82, 2.24) is 0 Å². The Morgan fingerprint density at radius 2 is 1.57 bits per heavy atom. The van der Waals surface area contributed by atoms with Gasteiger partial charge in [-0.2, -0.15) is 0 Å². The highest BCUT2D eigenvalue weighted by Gasteiger charge is 2.26. The van der Waals surface area contributed by atoms with E-state index in [0.717, 1.165) is 11.3 Å². The number of ether oxygens (including phenoxy) is 4. The summed E-state index contributed by atoms with van der Waals surface area (Å²) in [6.45, 7) is 5.81. The van der Waals surface area contributed by atoms with E-state index in [1.54, 1.807) is 50.4 Å². The number of halogens is 2. The van der Waals surface area contributed by atoms with Crippen LogP contribution in [0.25, 0.3) is 0 Å². The summed E-state index contributed by atoms with van der Waals surface area (Å²) in [6.07, 6.45) is 0. The molecule has 0 aromatic heterocycles. The number of anilines is 1. The first kappa shape index (κ1) is 28.5. The van der Waals surface area contributed by atoms with Gasteiger partial charge in [-0.3, -0.25) is 14.5 Å². The lowest BCUT2D eigenvalue weighted by Gasteiger charge is -2.24. The van der Waals surface area contributed by atoms with E-state index in [4.69, 9.17) is 18.9 Å². The fourth-order valence-electron chi connectivity index (χ4n) is 3.73. The molecule has 196 valence electrons. The number of hydrogen-bond acceptors (Lipinski definition) is 6. The van der Waals surface area contributed by atoms with Crippen LogP contribution in [0.2, 0.25) is 0 Å². The minimum absolute atomic E-state index is 0.204. The number of amides is 1. The van der Waals surface area contributed by atoms with Crippen LogP contribution in [0.15, 0.2) is 63.5 Å². The van der Waals surface area contributed by atoms with Crippen LogP contribution in [0, 0.1) is 0 Å². The maximum Gasteiger partial charge on any atom is 0.326 e. The molecular weight excluding hydrogens is 606 g/mol. The molecule has 9 heteroatoms. The van der Waals surface area contributed by atoms with Crippen molar-refractivity contribution in [1.29, 1.82) is 0 Å². The predicted molar refractivity (Wildman–Crippen MR) is 150 cm³/mol. The van der Waals surface area contributed by atoms with Gasteiger partial charge in [0.1, 0.15) is 23.8 Å². The minimum atomic E-state index is -0.530. The molecule has 0 spiro atoms. The maximum atomic E-state index is 13.6. The number of methoxy groups -OCH3 is 2. The lowest BCUT2D eigenvalue weighted by molar-refractivity contribution is -0.141. The van der Waals surface area contributed by atoms with Crippen molar-refractivity contribution in [2.24, 2.45) is 0 Å². The Balaban J connectivity index is 2.00. The van der Waals surface area contributed by atoms with Crippen LogP contribution in [0.1, 0.15) is 42.6 Å². The highest BCUT2D eigenvalue weighted by atomic mass is 79.9. The fourth-order valence-corrected chi connectivity index (χ4v) is 5.05. The zero-order chi connectivity index (χ0) is 27.1. The molecule has 0 radical (unpaired) electrons. The zero-order valence-electron chi connectivity index (χ0n) is 21.3. The van der Waals surface area contributed by atoms with E-state index in [1.165, 1.54) is 12.0 Å². The summed E-state index contributed by atoms with van der Waals surface area (Å²) >= 11 is 7.14. The summed E-state index contributed by atoms with van der Waals surface area (Å²) in [6, 6.07) is 15.9. The maximum absolute atomic E-state index is 13.6. The van der Waals surface area contributed by atoms with Gasteiger partial charge in [0.25, 0.3) is 5.91 Å². The number of nitrogens with zero attached hydrogens (tertiary/aromatic N) is 1. The van der Waals surface area contributed by atoms with Gasteiger partial charge in [-0.05, 0) is 87.2 Å². The van der Waals surface area contributed by atoms with Gasteiger partial charge < -0.3 is 18.9 Å². The van der Waals surface area contributed by atoms with Crippen LogP contribution in [0.4, 0.5) is 5.69 Å². The summed E-state index contributed by atoms with van der Waals surface area (Å²) in [5.41, 5.74) is 1.81. The molecule has 7 nitrogen and oxygen atoms in total. The number of benzene rings is 3. The quantitative estimate of drug-likeness (QED) is 0.217. The Bertz CT molecular complexity index is 1250. The molecule has 3 aromatic carbocycles. The standard InChI is InChI=1S/C28H29Br2NO6/c1-6-36-26(32)16-31(28(33)20-9-7-8-10-24(20)34-4)18-13-22(29)27(23(30)14-18)37-19-11-12-25(35-5)21(15-19)17(2)3/h7-15,17H,6,16H2,1-5H3. The van der Waals surface area contributed by atoms with Gasteiger partial charge in [-0.1, -0.05) is 26.0 Å². The average Bonchev–Trinajstić information content (AvgIpc) is 2.88. The molecule has 0 aliphatic rings. The molecular formula is C28H29Br2NO6. The van der Waals surface area contributed by atoms with Crippen molar-refractivity contribution < 1.29 is 28.5 Å². The fraction of sp³-hybridized carbons (Fsp3) is 0.286. The third-order valence-corrected chi connectivity index (χ3v) is 6.69. The third kappa shape index (κ3) is 6.84. The molecule has 0 N–H and O–H groups in total. The van der Waals surface area contributed by atoms with Crippen molar-refractivity contribution in [3.05, 3.63) is 74.7 Å². The molecule has 0 fully saturated rings. The molecule has 0 saturated heterocycles. The van der Waals surface area contributed by atoms with Crippen LogP contribution >= 0.6 is 31.9 Å². The summed E-state index contributed by atoms with van der Waals surface area (Å²) in [7, 11) is 3.13. The van der Waals surface area contributed by atoms with E-state index >= 15 is 0 Å². The second-order valence-electron chi connectivity index (χ2n) is 8.30. The van der Waals surface area contributed by atoms with Crippen molar-refractivity contribution in [3.63, 3.8) is 0 Å². The number of para-hydroxylation sites is 1. The molecule has 3 rings (SSSR count). The number of carbonyl (C=O) groups excluding carboxylic acids is 2. The van der Waals surface area contributed by atoms with Crippen LogP contribution < -0.4 is 19.1 Å². The Kier molecular flexibility index (Phi) is 10.00. The summed E-state index contributed by atoms with van der Waals surface area (Å²) in [4.78, 5) is 27.4. The van der Waals surface area contributed by atoms with E-state index in [1.807, 2.05) is 18.2 Å². The molecule has 1 amide bonds. The SMILES string of the molecule is CCOC(=O)CN(C(=O)c1ccccc1OC)c1cc(Br)c(Oc2ccc(OC)c(C(C)C)c2)c(Br)c1. The monoisotopic (exact) mass is 633 g/mol. The van der Waals surface area contributed by atoms with E-state index in [-0.39, 0.29) is 19.1 Å². The largest absolute Gasteiger partial charge is 0.496 e. The van der Waals surface area contributed by atoms with Crippen LogP contribution in [-0.2, 0) is 9.53 Å². The Morgan fingerprint density at radius 1 is 0.919 bits per heavy atom. The van der Waals surface area contributed by atoms with E-state index in [0.29, 0.717) is 37.4 Å². The Hall–Kier alpha value is -3.04. The average molecular weight is 635 g/mol. The smallest absolute Gasteiger partial charge is 0.326 e. The summed E-state index contributed by atoms with van der Waals surface area (Å²) in [5, 5.41) is 0. The van der Waals surface area contributed by atoms with Gasteiger partial charge in [0, 0.05) is 11.3 Å². The number of esters is 1. The second kappa shape index (κ2) is 13.0. The van der Waals surface area contributed by atoms with Crippen LogP contribution in [-0.4, -0.2) is 39.2 Å².